The SMILES string of the molecule is [B]C(CC1CC1)N[C@@H](N)Cc1ccccc1. The Bertz CT molecular complexity index is 311. The van der Waals surface area contributed by atoms with E-state index in [1.54, 1.807) is 0 Å². The molecule has 1 aliphatic carbocycles. The summed E-state index contributed by atoms with van der Waals surface area (Å²) in [6.07, 6.45) is 4.52. The number of nitrogens with two attached hydrogens (primary N) is 1. The Morgan fingerprint density at radius 2 is 2.00 bits per heavy atom. The lowest BCUT2D eigenvalue weighted by Crippen LogP contribution is -2.45. The van der Waals surface area contributed by atoms with E-state index in [1.165, 1.54) is 18.4 Å². The summed E-state index contributed by atoms with van der Waals surface area (Å²) in [7, 11) is 5.98. The van der Waals surface area contributed by atoms with Gasteiger partial charge in [-0.15, -0.1) is 0 Å². The van der Waals surface area contributed by atoms with Gasteiger partial charge in [-0.25, -0.2) is 0 Å². The second-order valence-corrected chi connectivity index (χ2v) is 4.75. The minimum Gasteiger partial charge on any atom is -0.316 e. The van der Waals surface area contributed by atoms with Crippen LogP contribution in [0.2, 0.25) is 0 Å². The lowest BCUT2D eigenvalue weighted by atomic mass is 9.90. The summed E-state index contributed by atoms with van der Waals surface area (Å²) in [5.41, 5.74) is 7.26. The third-order valence-corrected chi connectivity index (χ3v) is 3.01. The summed E-state index contributed by atoms with van der Waals surface area (Å²) < 4.78 is 0. The Hall–Kier alpha value is -0.795. The van der Waals surface area contributed by atoms with E-state index in [0.29, 0.717) is 0 Å². The molecule has 3 N–H and O–H groups in total. The van der Waals surface area contributed by atoms with Gasteiger partial charge in [-0.3, -0.25) is 0 Å². The summed E-state index contributed by atoms with van der Waals surface area (Å²) >= 11 is 0. The fraction of sp³-hybridized carbons (Fsp3) is 0.538. The first kappa shape index (κ1) is 11.7. The van der Waals surface area contributed by atoms with E-state index in [0.717, 1.165) is 18.8 Å². The van der Waals surface area contributed by atoms with Crippen LogP contribution in [0.25, 0.3) is 0 Å². The molecule has 1 saturated carbocycles. The van der Waals surface area contributed by atoms with E-state index in [1.807, 2.05) is 18.2 Å². The lowest BCUT2D eigenvalue weighted by Gasteiger charge is -2.20. The Morgan fingerprint density at radius 1 is 1.31 bits per heavy atom. The fourth-order valence-electron chi connectivity index (χ4n) is 1.98. The predicted octanol–water partition coefficient (Wildman–Crippen LogP) is 1.40. The summed E-state index contributed by atoms with van der Waals surface area (Å²) in [4.78, 5) is 0. The Labute approximate surface area is 99.0 Å². The van der Waals surface area contributed by atoms with E-state index >= 15 is 0 Å². The van der Waals surface area contributed by atoms with Crippen LogP contribution in [0.3, 0.4) is 0 Å². The number of nitrogens with one attached hydrogen (secondary N) is 1. The van der Waals surface area contributed by atoms with Gasteiger partial charge in [0.15, 0.2) is 0 Å². The maximum absolute atomic E-state index is 6.01. The highest BCUT2D eigenvalue weighted by Gasteiger charge is 2.23. The molecular weight excluding hydrogens is 195 g/mol. The molecule has 1 aromatic carbocycles. The highest BCUT2D eigenvalue weighted by Crippen LogP contribution is 2.32. The molecule has 0 amide bonds. The van der Waals surface area contributed by atoms with Gasteiger partial charge in [-0.2, -0.15) is 0 Å². The van der Waals surface area contributed by atoms with Crippen LogP contribution in [0, 0.1) is 5.92 Å². The van der Waals surface area contributed by atoms with Gasteiger partial charge < -0.3 is 11.1 Å². The van der Waals surface area contributed by atoms with Gasteiger partial charge in [0.05, 0.1) is 14.0 Å². The standard InChI is InChI=1S/C13H19BN2/c14-12(8-11-6-7-11)16-13(15)9-10-4-2-1-3-5-10/h1-5,11-13,16H,6-9,15H2/t12?,13-/m1/s1. The van der Waals surface area contributed by atoms with Crippen LogP contribution in [0.5, 0.6) is 0 Å². The van der Waals surface area contributed by atoms with Crippen LogP contribution in [-0.4, -0.2) is 20.0 Å². The first-order valence-electron chi connectivity index (χ1n) is 6.05. The molecule has 0 saturated heterocycles. The van der Waals surface area contributed by atoms with Crippen molar-refractivity contribution in [1.29, 1.82) is 0 Å². The minimum absolute atomic E-state index is 0.0452. The van der Waals surface area contributed by atoms with Crippen LogP contribution in [-0.2, 0) is 6.42 Å². The average molecular weight is 214 g/mol. The van der Waals surface area contributed by atoms with Crippen molar-refractivity contribution in [2.45, 2.75) is 37.8 Å². The molecule has 2 radical (unpaired) electrons. The maximum Gasteiger partial charge on any atom is 0.0907 e. The van der Waals surface area contributed by atoms with E-state index in [9.17, 15) is 0 Å². The van der Waals surface area contributed by atoms with E-state index in [2.05, 4.69) is 17.4 Å². The number of hydrogen-bond acceptors (Lipinski definition) is 2. The minimum atomic E-state index is -0.0452. The average Bonchev–Trinajstić information content (AvgIpc) is 3.02. The lowest BCUT2D eigenvalue weighted by molar-refractivity contribution is 0.472. The zero-order valence-corrected chi connectivity index (χ0v) is 9.60. The van der Waals surface area contributed by atoms with Crippen molar-refractivity contribution < 1.29 is 0 Å². The van der Waals surface area contributed by atoms with Crippen molar-refractivity contribution in [2.24, 2.45) is 11.7 Å². The first-order chi connectivity index (χ1) is 7.74. The second-order valence-electron chi connectivity index (χ2n) is 4.75. The monoisotopic (exact) mass is 214 g/mol. The van der Waals surface area contributed by atoms with Gasteiger partial charge in [0, 0.05) is 6.42 Å². The predicted molar refractivity (Wildman–Crippen MR) is 68.1 cm³/mol. The van der Waals surface area contributed by atoms with E-state index < -0.39 is 0 Å². The van der Waals surface area contributed by atoms with Crippen molar-refractivity contribution in [1.82, 2.24) is 5.32 Å². The van der Waals surface area contributed by atoms with Crippen molar-refractivity contribution >= 4 is 7.85 Å². The Balaban J connectivity index is 1.72. The number of benzene rings is 1. The zero-order valence-electron chi connectivity index (χ0n) is 9.60. The molecule has 0 heterocycles. The molecule has 1 aliphatic rings. The molecule has 1 aromatic rings. The number of rotatable bonds is 6. The molecule has 2 rings (SSSR count). The molecule has 3 heteroatoms. The molecule has 0 bridgehead atoms. The van der Waals surface area contributed by atoms with Crippen molar-refractivity contribution in [2.75, 3.05) is 0 Å². The molecule has 1 fully saturated rings. The quantitative estimate of drug-likeness (QED) is 0.554. The molecule has 2 atom stereocenters. The molecule has 1 unspecified atom stereocenters. The third kappa shape index (κ3) is 3.99. The molecule has 2 nitrogen and oxygen atoms in total. The molecule has 0 aliphatic heterocycles. The summed E-state index contributed by atoms with van der Waals surface area (Å²) in [6.45, 7) is 0. The van der Waals surface area contributed by atoms with Gasteiger partial charge in [0.25, 0.3) is 0 Å². The van der Waals surface area contributed by atoms with E-state index in [4.69, 9.17) is 13.6 Å². The Kier molecular flexibility index (Phi) is 4.02. The zero-order chi connectivity index (χ0) is 11.4. The van der Waals surface area contributed by atoms with Crippen molar-refractivity contribution in [3.05, 3.63) is 35.9 Å². The number of hydrogen-bond donors (Lipinski definition) is 2. The summed E-state index contributed by atoms with van der Waals surface area (Å²) in [5.74, 6) is 0.887. The van der Waals surface area contributed by atoms with E-state index in [-0.39, 0.29) is 12.1 Å². The molecule has 84 valence electrons. The smallest absolute Gasteiger partial charge is 0.0907 e. The molecule has 16 heavy (non-hydrogen) atoms. The molecule has 0 aromatic heterocycles. The highest BCUT2D eigenvalue weighted by molar-refractivity contribution is 6.11. The highest BCUT2D eigenvalue weighted by atomic mass is 15.0. The molecule has 0 spiro atoms. The largest absolute Gasteiger partial charge is 0.316 e. The van der Waals surface area contributed by atoms with Crippen LogP contribution >= 0.6 is 0 Å². The van der Waals surface area contributed by atoms with Gasteiger partial charge in [0.1, 0.15) is 0 Å². The molecular formula is C13H19BN2. The van der Waals surface area contributed by atoms with Gasteiger partial charge >= 0.3 is 0 Å². The summed E-state index contributed by atoms with van der Waals surface area (Å²) in [6, 6.07) is 10.3. The third-order valence-electron chi connectivity index (χ3n) is 3.01. The normalized spacial score (nSPS) is 19.3. The van der Waals surface area contributed by atoms with Crippen LogP contribution in [0.4, 0.5) is 0 Å². The van der Waals surface area contributed by atoms with Crippen LogP contribution < -0.4 is 11.1 Å². The van der Waals surface area contributed by atoms with Crippen molar-refractivity contribution in [3.63, 3.8) is 0 Å². The van der Waals surface area contributed by atoms with Crippen LogP contribution in [0.1, 0.15) is 24.8 Å². The topological polar surface area (TPSA) is 38.0 Å². The Morgan fingerprint density at radius 3 is 2.62 bits per heavy atom. The van der Waals surface area contributed by atoms with Crippen molar-refractivity contribution in [3.8, 4) is 0 Å². The first-order valence-corrected chi connectivity index (χ1v) is 6.05. The van der Waals surface area contributed by atoms with Gasteiger partial charge in [0.2, 0.25) is 0 Å². The summed E-state index contributed by atoms with van der Waals surface area (Å²) in [5, 5.41) is 3.26. The fourth-order valence-corrected chi connectivity index (χ4v) is 1.98. The maximum atomic E-state index is 6.01. The van der Waals surface area contributed by atoms with Gasteiger partial charge in [-0.05, 0) is 23.8 Å². The van der Waals surface area contributed by atoms with Crippen LogP contribution in [0.15, 0.2) is 30.3 Å². The second kappa shape index (κ2) is 5.51. The van der Waals surface area contributed by atoms with Gasteiger partial charge in [-0.1, -0.05) is 43.2 Å².